The number of hydrogen-bond donors (Lipinski definition) is 5. The monoisotopic (exact) mass is 324 g/mol. The van der Waals surface area contributed by atoms with Crippen LogP contribution in [0.1, 0.15) is 17.3 Å². The van der Waals surface area contributed by atoms with Gasteiger partial charge < -0.3 is 30.9 Å². The van der Waals surface area contributed by atoms with Crippen LogP contribution in [0.2, 0.25) is 0 Å². The van der Waals surface area contributed by atoms with Gasteiger partial charge in [0.1, 0.15) is 29.5 Å². The van der Waals surface area contributed by atoms with Gasteiger partial charge in [0, 0.05) is 6.20 Å². The van der Waals surface area contributed by atoms with Gasteiger partial charge in [-0.2, -0.15) is 0 Å². The molecule has 1 aliphatic heterocycles. The Bertz CT molecular complexity index is 788. The van der Waals surface area contributed by atoms with Crippen LogP contribution in [0.3, 0.4) is 0 Å². The van der Waals surface area contributed by atoms with Crippen LogP contribution >= 0.6 is 0 Å². The van der Waals surface area contributed by atoms with Gasteiger partial charge in [-0.15, -0.1) is 0 Å². The van der Waals surface area contributed by atoms with Gasteiger partial charge in [-0.1, -0.05) is 0 Å². The molecule has 10 heteroatoms. The fraction of sp³-hybridized carbons (Fsp3) is 0.462. The van der Waals surface area contributed by atoms with Crippen LogP contribution in [0, 0.1) is 0 Å². The van der Waals surface area contributed by atoms with Gasteiger partial charge in [0.15, 0.2) is 0 Å². The topological polar surface area (TPSA) is 164 Å². The molecule has 23 heavy (non-hydrogen) atoms. The molecule has 1 fully saturated rings. The van der Waals surface area contributed by atoms with Crippen molar-refractivity contribution < 1.29 is 30.0 Å². The normalized spacial score (nSPS) is 30.9. The molecule has 1 saturated heterocycles. The predicted octanol–water partition coefficient (Wildman–Crippen LogP) is -1.50. The molecule has 0 aliphatic carbocycles. The number of carbonyl (C=O) groups is 1. The zero-order valence-electron chi connectivity index (χ0n) is 12.2. The third-order valence-corrected chi connectivity index (χ3v) is 4.18. The lowest BCUT2D eigenvalue weighted by atomic mass is 9.91. The van der Waals surface area contributed by atoms with E-state index in [1.54, 1.807) is 0 Å². The number of nitrogen functional groups attached to an aromatic ring is 1. The average Bonchev–Trinajstić information content (AvgIpc) is 2.98. The molecule has 3 heterocycles. The highest BCUT2D eigenvalue weighted by molar-refractivity contribution is 6.06. The highest BCUT2D eigenvalue weighted by atomic mass is 16.6. The first-order valence-electron chi connectivity index (χ1n) is 6.76. The minimum absolute atomic E-state index is 0.0154. The second kappa shape index (κ2) is 4.86. The van der Waals surface area contributed by atoms with E-state index in [4.69, 9.17) is 10.5 Å². The standard InChI is InChI=1S/C13H16N4O6/c1-12(21)4-23-7(3-18)13(12,22)17-2-6(11(19)20)8-9(14)15-5-16-10(8)17/h2,5,7,18,21-22H,3-4H2,1H3,(H,19,20)(H2,14,15,16)/t7-,12+,13+/m1/s1. The fourth-order valence-corrected chi connectivity index (χ4v) is 2.93. The number of aliphatic hydroxyl groups excluding tert-OH is 1. The minimum atomic E-state index is -2.13. The van der Waals surface area contributed by atoms with E-state index in [2.05, 4.69) is 9.97 Å². The molecule has 10 nitrogen and oxygen atoms in total. The number of nitrogens with two attached hydrogens (primary N) is 1. The van der Waals surface area contributed by atoms with Crippen molar-refractivity contribution in [2.24, 2.45) is 0 Å². The minimum Gasteiger partial charge on any atom is -0.478 e. The number of aromatic carboxylic acids is 1. The maximum Gasteiger partial charge on any atom is 0.338 e. The molecule has 0 spiro atoms. The lowest BCUT2D eigenvalue weighted by Crippen LogP contribution is -2.57. The van der Waals surface area contributed by atoms with Crippen molar-refractivity contribution in [1.82, 2.24) is 14.5 Å². The molecule has 0 amide bonds. The Kier molecular flexibility index (Phi) is 3.30. The van der Waals surface area contributed by atoms with Crippen LogP contribution in [0.15, 0.2) is 12.5 Å². The maximum absolute atomic E-state index is 11.5. The van der Waals surface area contributed by atoms with Crippen LogP contribution in [-0.2, 0) is 10.5 Å². The summed E-state index contributed by atoms with van der Waals surface area (Å²) in [4.78, 5) is 19.2. The summed E-state index contributed by atoms with van der Waals surface area (Å²) in [5, 5.41) is 40.4. The summed E-state index contributed by atoms with van der Waals surface area (Å²) in [6.07, 6.45) is 1.04. The van der Waals surface area contributed by atoms with Crippen molar-refractivity contribution >= 4 is 22.8 Å². The van der Waals surface area contributed by atoms with E-state index >= 15 is 0 Å². The van der Waals surface area contributed by atoms with Crippen molar-refractivity contribution in [2.45, 2.75) is 24.4 Å². The van der Waals surface area contributed by atoms with Crippen molar-refractivity contribution in [3.8, 4) is 0 Å². The number of nitrogens with zero attached hydrogens (tertiary/aromatic N) is 3. The maximum atomic E-state index is 11.5. The average molecular weight is 324 g/mol. The predicted molar refractivity (Wildman–Crippen MR) is 76.5 cm³/mol. The van der Waals surface area contributed by atoms with Gasteiger partial charge in [-0.25, -0.2) is 14.8 Å². The first kappa shape index (κ1) is 15.6. The Morgan fingerprint density at radius 2 is 2.22 bits per heavy atom. The summed E-state index contributed by atoms with van der Waals surface area (Å²) in [5.41, 5.74) is 1.60. The van der Waals surface area contributed by atoms with Gasteiger partial charge in [0.2, 0.25) is 5.72 Å². The lowest BCUT2D eigenvalue weighted by Gasteiger charge is -2.37. The Morgan fingerprint density at radius 1 is 1.52 bits per heavy atom. The number of anilines is 1. The van der Waals surface area contributed by atoms with E-state index in [1.165, 1.54) is 6.92 Å². The second-order valence-electron chi connectivity index (χ2n) is 5.66. The first-order chi connectivity index (χ1) is 10.7. The summed E-state index contributed by atoms with van der Waals surface area (Å²) in [7, 11) is 0. The Morgan fingerprint density at radius 3 is 2.83 bits per heavy atom. The summed E-state index contributed by atoms with van der Waals surface area (Å²) >= 11 is 0. The Balaban J connectivity index is 2.36. The molecular formula is C13H16N4O6. The van der Waals surface area contributed by atoms with Crippen LogP contribution in [0.5, 0.6) is 0 Å². The smallest absolute Gasteiger partial charge is 0.338 e. The molecule has 3 atom stereocenters. The number of ether oxygens (including phenoxy) is 1. The van der Waals surface area contributed by atoms with Crippen LogP contribution in [0.25, 0.3) is 11.0 Å². The number of carboxylic acids is 1. The number of rotatable bonds is 3. The molecule has 3 rings (SSSR count). The molecule has 0 saturated carbocycles. The first-order valence-corrected chi connectivity index (χ1v) is 6.76. The molecular weight excluding hydrogens is 308 g/mol. The van der Waals surface area contributed by atoms with E-state index in [0.29, 0.717) is 0 Å². The van der Waals surface area contributed by atoms with Crippen molar-refractivity contribution in [1.29, 1.82) is 0 Å². The number of hydrogen-bond acceptors (Lipinski definition) is 8. The van der Waals surface area contributed by atoms with Gasteiger partial charge in [0.05, 0.1) is 24.2 Å². The Hall–Kier alpha value is -2.27. The molecule has 0 bridgehead atoms. The molecule has 124 valence electrons. The third-order valence-electron chi connectivity index (χ3n) is 4.18. The van der Waals surface area contributed by atoms with Gasteiger partial charge in [-0.05, 0) is 6.92 Å². The lowest BCUT2D eigenvalue weighted by molar-refractivity contribution is -0.186. The van der Waals surface area contributed by atoms with E-state index in [0.717, 1.165) is 17.1 Å². The van der Waals surface area contributed by atoms with Crippen LogP contribution in [0.4, 0.5) is 5.82 Å². The molecule has 2 aromatic rings. The molecule has 1 aliphatic rings. The quantitative estimate of drug-likeness (QED) is 0.452. The number of carboxylic acid groups (broad SMARTS) is 1. The molecule has 0 aromatic carbocycles. The summed E-state index contributed by atoms with van der Waals surface area (Å²) in [6, 6.07) is 0. The Labute approximate surface area is 129 Å². The van der Waals surface area contributed by atoms with Gasteiger partial charge >= 0.3 is 5.97 Å². The molecule has 2 aromatic heterocycles. The zero-order chi connectivity index (χ0) is 17.0. The van der Waals surface area contributed by atoms with E-state index in [1.807, 2.05) is 0 Å². The van der Waals surface area contributed by atoms with Gasteiger partial charge in [0.25, 0.3) is 0 Å². The third kappa shape index (κ3) is 1.93. The largest absolute Gasteiger partial charge is 0.478 e. The highest BCUT2D eigenvalue weighted by Gasteiger charge is 2.60. The fourth-order valence-electron chi connectivity index (χ4n) is 2.93. The molecule has 0 unspecified atom stereocenters. The van der Waals surface area contributed by atoms with E-state index in [-0.39, 0.29) is 29.0 Å². The number of fused-ring (bicyclic) bond motifs is 1. The number of aliphatic hydroxyl groups is 3. The van der Waals surface area contributed by atoms with Gasteiger partial charge in [-0.3, -0.25) is 4.57 Å². The van der Waals surface area contributed by atoms with E-state index in [9.17, 15) is 25.2 Å². The van der Waals surface area contributed by atoms with Crippen molar-refractivity contribution in [3.05, 3.63) is 18.1 Å². The van der Waals surface area contributed by atoms with Crippen LogP contribution in [-0.4, -0.2) is 65.8 Å². The summed E-state index contributed by atoms with van der Waals surface area (Å²) in [6.45, 7) is 0.478. The van der Waals surface area contributed by atoms with Crippen LogP contribution < -0.4 is 5.73 Å². The SMILES string of the molecule is C[C@]1(O)CO[C@H](CO)[C@@]1(O)n1cc(C(=O)O)c2c(N)ncnc21. The molecule has 0 radical (unpaired) electrons. The second-order valence-corrected chi connectivity index (χ2v) is 5.66. The number of aromatic nitrogens is 3. The van der Waals surface area contributed by atoms with Crippen molar-refractivity contribution in [2.75, 3.05) is 18.9 Å². The van der Waals surface area contributed by atoms with Crippen molar-refractivity contribution in [3.63, 3.8) is 0 Å². The highest BCUT2D eigenvalue weighted by Crippen LogP contribution is 2.42. The summed E-state index contributed by atoms with van der Waals surface area (Å²) < 4.78 is 6.31. The van der Waals surface area contributed by atoms with E-state index < -0.39 is 30.0 Å². The zero-order valence-corrected chi connectivity index (χ0v) is 12.2. The molecule has 6 N–H and O–H groups in total. The summed E-state index contributed by atoms with van der Waals surface area (Å²) in [5.74, 6) is -1.37.